The Morgan fingerprint density at radius 1 is 1.19 bits per heavy atom. The lowest BCUT2D eigenvalue weighted by Crippen LogP contribution is -2.25. The van der Waals surface area contributed by atoms with Crippen LogP contribution in [-0.4, -0.2) is 12.1 Å². The summed E-state index contributed by atoms with van der Waals surface area (Å²) in [7, 11) is 0. The molecule has 0 unspecified atom stereocenters. The standard InChI is InChI=1S/C24H40O2/c1-4-5-6-7-10-13-19(2)16-17-21-20(3)18-23-22(21)14-11-8-9-12-15-24(25)26-23/h8,11,20-23H,2,4-7,9-10,12-18H2,1,3H3/b11-8-/t20-,21+,22-,23+/m1/s1. The van der Waals surface area contributed by atoms with Crippen LogP contribution in [0.2, 0.25) is 0 Å². The van der Waals surface area contributed by atoms with E-state index in [2.05, 4.69) is 32.6 Å². The first-order chi connectivity index (χ1) is 12.6. The van der Waals surface area contributed by atoms with E-state index < -0.39 is 0 Å². The van der Waals surface area contributed by atoms with Crippen molar-refractivity contribution in [3.05, 3.63) is 24.3 Å². The first kappa shape index (κ1) is 21.3. The van der Waals surface area contributed by atoms with E-state index in [9.17, 15) is 4.79 Å². The molecule has 1 aliphatic heterocycles. The minimum absolute atomic E-state index is 0.0136. The van der Waals surface area contributed by atoms with Gasteiger partial charge in [0.1, 0.15) is 6.10 Å². The molecule has 2 rings (SSSR count). The Kier molecular flexibility index (Phi) is 9.50. The first-order valence-electron chi connectivity index (χ1n) is 11.1. The van der Waals surface area contributed by atoms with Crippen LogP contribution in [0.1, 0.15) is 97.3 Å². The number of carbonyl (C=O) groups excluding carboxylic acids is 1. The van der Waals surface area contributed by atoms with Crippen molar-refractivity contribution in [3.63, 3.8) is 0 Å². The zero-order valence-electron chi connectivity index (χ0n) is 17.2. The number of fused-ring (bicyclic) bond motifs is 1. The molecule has 0 aromatic heterocycles. The summed E-state index contributed by atoms with van der Waals surface area (Å²) in [6.45, 7) is 8.95. The molecule has 0 amide bonds. The van der Waals surface area contributed by atoms with E-state index in [-0.39, 0.29) is 12.1 Å². The lowest BCUT2D eigenvalue weighted by molar-refractivity contribution is -0.151. The van der Waals surface area contributed by atoms with Crippen molar-refractivity contribution in [2.45, 2.75) is 103 Å². The normalized spacial score (nSPS) is 30.5. The summed E-state index contributed by atoms with van der Waals surface area (Å²) in [5.74, 6) is 1.82. The molecule has 1 heterocycles. The second-order valence-corrected chi connectivity index (χ2v) is 8.62. The van der Waals surface area contributed by atoms with Gasteiger partial charge in [-0.1, -0.05) is 63.8 Å². The third-order valence-corrected chi connectivity index (χ3v) is 6.44. The van der Waals surface area contributed by atoms with E-state index in [1.807, 2.05) is 0 Å². The Bertz CT molecular complexity index is 465. The van der Waals surface area contributed by atoms with Crippen LogP contribution in [0.5, 0.6) is 0 Å². The van der Waals surface area contributed by atoms with E-state index in [1.54, 1.807) is 0 Å². The van der Waals surface area contributed by atoms with E-state index in [4.69, 9.17) is 4.74 Å². The fourth-order valence-electron chi connectivity index (χ4n) is 4.81. The maximum absolute atomic E-state index is 12.1. The van der Waals surface area contributed by atoms with Crippen LogP contribution in [0.25, 0.3) is 0 Å². The third-order valence-electron chi connectivity index (χ3n) is 6.44. The van der Waals surface area contributed by atoms with Crippen LogP contribution in [0.15, 0.2) is 24.3 Å². The van der Waals surface area contributed by atoms with Crippen molar-refractivity contribution in [2.24, 2.45) is 17.8 Å². The predicted molar refractivity (Wildman–Crippen MR) is 110 cm³/mol. The van der Waals surface area contributed by atoms with Gasteiger partial charge in [0, 0.05) is 12.3 Å². The Morgan fingerprint density at radius 2 is 2.00 bits per heavy atom. The molecular weight excluding hydrogens is 320 g/mol. The molecule has 2 nitrogen and oxygen atoms in total. The molecule has 0 saturated heterocycles. The number of allylic oxidation sites excluding steroid dienone is 3. The molecule has 2 heteroatoms. The van der Waals surface area contributed by atoms with Gasteiger partial charge < -0.3 is 4.74 Å². The largest absolute Gasteiger partial charge is 0.462 e. The lowest BCUT2D eigenvalue weighted by atomic mass is 9.82. The summed E-state index contributed by atoms with van der Waals surface area (Å²) in [5, 5.41) is 0. The summed E-state index contributed by atoms with van der Waals surface area (Å²) in [6, 6.07) is 0. The van der Waals surface area contributed by atoms with Gasteiger partial charge in [0.15, 0.2) is 0 Å². The van der Waals surface area contributed by atoms with E-state index in [0.29, 0.717) is 24.2 Å². The first-order valence-corrected chi connectivity index (χ1v) is 11.1. The fourth-order valence-corrected chi connectivity index (χ4v) is 4.81. The average molecular weight is 361 g/mol. The van der Waals surface area contributed by atoms with Crippen LogP contribution < -0.4 is 0 Å². The fraction of sp³-hybridized carbons (Fsp3) is 0.792. The highest BCUT2D eigenvalue weighted by molar-refractivity contribution is 5.69. The van der Waals surface area contributed by atoms with Gasteiger partial charge in [0.2, 0.25) is 0 Å². The molecule has 4 atom stereocenters. The molecule has 0 aromatic carbocycles. The van der Waals surface area contributed by atoms with Crippen molar-refractivity contribution in [3.8, 4) is 0 Å². The number of hydrogen-bond acceptors (Lipinski definition) is 2. The molecule has 0 bridgehead atoms. The smallest absolute Gasteiger partial charge is 0.306 e. The van der Waals surface area contributed by atoms with Gasteiger partial charge in [0.25, 0.3) is 0 Å². The minimum atomic E-state index is 0.0136. The highest BCUT2D eigenvalue weighted by Crippen LogP contribution is 2.44. The van der Waals surface area contributed by atoms with Gasteiger partial charge >= 0.3 is 5.97 Å². The molecule has 1 saturated carbocycles. The van der Waals surface area contributed by atoms with Crippen molar-refractivity contribution < 1.29 is 9.53 Å². The Hall–Kier alpha value is -1.05. The highest BCUT2D eigenvalue weighted by atomic mass is 16.5. The molecule has 0 spiro atoms. The Labute approximate surface area is 161 Å². The van der Waals surface area contributed by atoms with Gasteiger partial charge in [-0.05, 0) is 63.2 Å². The molecule has 0 N–H and O–H groups in total. The van der Waals surface area contributed by atoms with Crippen molar-refractivity contribution in [1.82, 2.24) is 0 Å². The van der Waals surface area contributed by atoms with E-state index in [0.717, 1.165) is 32.1 Å². The second-order valence-electron chi connectivity index (χ2n) is 8.62. The van der Waals surface area contributed by atoms with Gasteiger partial charge in [-0.25, -0.2) is 0 Å². The van der Waals surface area contributed by atoms with E-state index >= 15 is 0 Å². The average Bonchev–Trinajstić information content (AvgIpc) is 2.90. The molecular formula is C24H40O2. The van der Waals surface area contributed by atoms with E-state index in [1.165, 1.54) is 50.5 Å². The quantitative estimate of drug-likeness (QED) is 0.251. The summed E-state index contributed by atoms with van der Waals surface area (Å²) in [6.07, 6.45) is 19.6. The second kappa shape index (κ2) is 11.6. The molecule has 1 aliphatic carbocycles. The molecule has 26 heavy (non-hydrogen) atoms. The topological polar surface area (TPSA) is 26.3 Å². The van der Waals surface area contributed by atoms with Crippen molar-refractivity contribution in [2.75, 3.05) is 0 Å². The summed E-state index contributed by atoms with van der Waals surface area (Å²) in [4.78, 5) is 12.1. The number of ether oxygens (including phenoxy) is 1. The number of unbranched alkanes of at least 4 members (excludes halogenated alkanes) is 4. The van der Waals surface area contributed by atoms with Crippen LogP contribution >= 0.6 is 0 Å². The number of hydrogen-bond donors (Lipinski definition) is 0. The van der Waals surface area contributed by atoms with Crippen LogP contribution in [0, 0.1) is 17.8 Å². The summed E-state index contributed by atoms with van der Waals surface area (Å²) >= 11 is 0. The lowest BCUT2D eigenvalue weighted by Gasteiger charge is -2.26. The molecule has 2 aliphatic rings. The van der Waals surface area contributed by atoms with Gasteiger partial charge in [-0.3, -0.25) is 4.79 Å². The summed E-state index contributed by atoms with van der Waals surface area (Å²) in [5.41, 5.74) is 1.42. The molecule has 0 aromatic rings. The zero-order valence-corrected chi connectivity index (χ0v) is 17.2. The Balaban J connectivity index is 1.82. The van der Waals surface area contributed by atoms with Gasteiger partial charge in [-0.15, -0.1) is 0 Å². The molecule has 1 fully saturated rings. The maximum atomic E-state index is 12.1. The minimum Gasteiger partial charge on any atom is -0.462 e. The maximum Gasteiger partial charge on any atom is 0.306 e. The SMILES string of the molecule is C=C(CCCCCCC)CC[C@@H]1[C@H]2C/C=C\CCCC(=O)O[C@H]2C[C@H]1C. The summed E-state index contributed by atoms with van der Waals surface area (Å²) < 4.78 is 5.87. The Morgan fingerprint density at radius 3 is 2.81 bits per heavy atom. The van der Waals surface area contributed by atoms with Gasteiger partial charge in [0.05, 0.1) is 0 Å². The highest BCUT2D eigenvalue weighted by Gasteiger charge is 2.42. The van der Waals surface area contributed by atoms with Crippen molar-refractivity contribution in [1.29, 1.82) is 0 Å². The number of carbonyl (C=O) groups is 1. The predicted octanol–water partition coefficient (Wildman–Crippen LogP) is 7.00. The number of rotatable bonds is 9. The van der Waals surface area contributed by atoms with Crippen LogP contribution in [0.4, 0.5) is 0 Å². The monoisotopic (exact) mass is 360 g/mol. The molecule has 0 radical (unpaired) electrons. The zero-order chi connectivity index (χ0) is 18.8. The molecule has 148 valence electrons. The number of esters is 1. The van der Waals surface area contributed by atoms with Gasteiger partial charge in [-0.2, -0.15) is 0 Å². The van der Waals surface area contributed by atoms with Crippen molar-refractivity contribution >= 4 is 5.97 Å². The third kappa shape index (κ3) is 6.93. The van der Waals surface area contributed by atoms with Crippen LogP contribution in [0.3, 0.4) is 0 Å². The van der Waals surface area contributed by atoms with Crippen LogP contribution in [-0.2, 0) is 9.53 Å².